The van der Waals surface area contributed by atoms with Gasteiger partial charge >= 0.3 is 0 Å². The van der Waals surface area contributed by atoms with Crippen molar-refractivity contribution in [2.75, 3.05) is 6.54 Å². The Morgan fingerprint density at radius 2 is 1.92 bits per heavy atom. The standard InChI is InChI=1S/C19H20FN3O/c1-14(22-12-19(24)17-4-2-3-5-18(17)20)15-6-8-16(9-7-15)23-11-10-21-13-23/h2-11,13-14,19,22,24H,12H2,1H3/t14-,19+/m0/s1. The lowest BCUT2D eigenvalue weighted by Crippen LogP contribution is -2.25. The minimum absolute atomic E-state index is 0.0447. The zero-order valence-electron chi connectivity index (χ0n) is 13.4. The fourth-order valence-electron chi connectivity index (χ4n) is 2.61. The molecule has 0 amide bonds. The van der Waals surface area contributed by atoms with E-state index in [2.05, 4.69) is 10.3 Å². The summed E-state index contributed by atoms with van der Waals surface area (Å²) < 4.78 is 15.6. The van der Waals surface area contributed by atoms with E-state index in [1.54, 1.807) is 30.7 Å². The van der Waals surface area contributed by atoms with Gasteiger partial charge in [0.05, 0.1) is 12.4 Å². The molecule has 1 aromatic heterocycles. The van der Waals surface area contributed by atoms with E-state index < -0.39 is 6.10 Å². The van der Waals surface area contributed by atoms with E-state index in [9.17, 15) is 9.50 Å². The van der Waals surface area contributed by atoms with E-state index in [1.807, 2.05) is 42.0 Å². The molecule has 3 rings (SSSR count). The molecule has 0 bridgehead atoms. The van der Waals surface area contributed by atoms with Crippen molar-refractivity contribution >= 4 is 0 Å². The second-order valence-corrected chi connectivity index (χ2v) is 5.73. The summed E-state index contributed by atoms with van der Waals surface area (Å²) in [6.07, 6.45) is 4.50. The fraction of sp³-hybridized carbons (Fsp3) is 0.211. The van der Waals surface area contributed by atoms with Crippen molar-refractivity contribution in [1.82, 2.24) is 14.9 Å². The second kappa shape index (κ2) is 7.38. The molecular formula is C19H20FN3O. The summed E-state index contributed by atoms with van der Waals surface area (Å²) in [4.78, 5) is 4.03. The average Bonchev–Trinajstić information content (AvgIpc) is 3.14. The Balaban J connectivity index is 1.61. The van der Waals surface area contributed by atoms with Crippen LogP contribution in [0.25, 0.3) is 5.69 Å². The molecule has 4 nitrogen and oxygen atoms in total. The number of hydrogen-bond acceptors (Lipinski definition) is 3. The van der Waals surface area contributed by atoms with Gasteiger partial charge in [-0.1, -0.05) is 30.3 Å². The van der Waals surface area contributed by atoms with E-state index in [4.69, 9.17) is 0 Å². The van der Waals surface area contributed by atoms with Crippen molar-refractivity contribution < 1.29 is 9.50 Å². The maximum atomic E-state index is 13.7. The van der Waals surface area contributed by atoms with Crippen molar-refractivity contribution in [3.63, 3.8) is 0 Å². The molecule has 2 aromatic carbocycles. The van der Waals surface area contributed by atoms with Gasteiger partial charge < -0.3 is 15.0 Å². The highest BCUT2D eigenvalue weighted by Crippen LogP contribution is 2.19. The molecule has 2 N–H and O–H groups in total. The lowest BCUT2D eigenvalue weighted by molar-refractivity contribution is 0.166. The molecule has 5 heteroatoms. The molecule has 0 spiro atoms. The quantitative estimate of drug-likeness (QED) is 0.730. The monoisotopic (exact) mass is 325 g/mol. The van der Waals surface area contributed by atoms with Crippen LogP contribution >= 0.6 is 0 Å². The number of rotatable bonds is 6. The van der Waals surface area contributed by atoms with Crippen LogP contribution in [0.5, 0.6) is 0 Å². The second-order valence-electron chi connectivity index (χ2n) is 5.73. The van der Waals surface area contributed by atoms with E-state index in [1.165, 1.54) is 6.07 Å². The molecule has 2 atom stereocenters. The number of aliphatic hydroxyl groups is 1. The van der Waals surface area contributed by atoms with Gasteiger partial charge in [0.15, 0.2) is 0 Å². The van der Waals surface area contributed by atoms with Crippen LogP contribution in [0.2, 0.25) is 0 Å². The number of aliphatic hydroxyl groups excluding tert-OH is 1. The lowest BCUT2D eigenvalue weighted by atomic mass is 10.1. The summed E-state index contributed by atoms with van der Waals surface area (Å²) in [6, 6.07) is 14.4. The highest BCUT2D eigenvalue weighted by Gasteiger charge is 2.14. The fourth-order valence-corrected chi connectivity index (χ4v) is 2.61. The van der Waals surface area contributed by atoms with Crippen LogP contribution in [0.4, 0.5) is 4.39 Å². The van der Waals surface area contributed by atoms with E-state index in [0.29, 0.717) is 5.56 Å². The minimum atomic E-state index is -0.876. The molecule has 1 heterocycles. The van der Waals surface area contributed by atoms with Gasteiger partial charge in [0.25, 0.3) is 0 Å². The lowest BCUT2D eigenvalue weighted by Gasteiger charge is -2.18. The number of aromatic nitrogens is 2. The number of nitrogens with zero attached hydrogens (tertiary/aromatic N) is 2. The van der Waals surface area contributed by atoms with Gasteiger partial charge in [0, 0.05) is 36.2 Å². The first-order valence-electron chi connectivity index (χ1n) is 7.89. The number of benzene rings is 2. The summed E-state index contributed by atoms with van der Waals surface area (Å²) >= 11 is 0. The third kappa shape index (κ3) is 3.69. The summed E-state index contributed by atoms with van der Waals surface area (Å²) in [5.41, 5.74) is 2.45. The van der Waals surface area contributed by atoms with Gasteiger partial charge in [-0.3, -0.25) is 0 Å². The normalized spacial score (nSPS) is 13.6. The zero-order valence-corrected chi connectivity index (χ0v) is 13.4. The minimum Gasteiger partial charge on any atom is -0.387 e. The maximum Gasteiger partial charge on any atom is 0.129 e. The summed E-state index contributed by atoms with van der Waals surface area (Å²) in [5, 5.41) is 13.4. The Morgan fingerprint density at radius 3 is 2.58 bits per heavy atom. The smallest absolute Gasteiger partial charge is 0.129 e. The van der Waals surface area contributed by atoms with E-state index >= 15 is 0 Å². The van der Waals surface area contributed by atoms with Crippen molar-refractivity contribution in [1.29, 1.82) is 0 Å². The van der Waals surface area contributed by atoms with E-state index in [-0.39, 0.29) is 18.4 Å². The molecular weight excluding hydrogens is 305 g/mol. The van der Waals surface area contributed by atoms with Crippen LogP contribution in [0.3, 0.4) is 0 Å². The summed E-state index contributed by atoms with van der Waals surface area (Å²) in [5.74, 6) is -0.385. The van der Waals surface area contributed by atoms with Crippen molar-refractivity contribution in [2.45, 2.75) is 19.1 Å². The average molecular weight is 325 g/mol. The number of imidazole rings is 1. The van der Waals surface area contributed by atoms with Crippen molar-refractivity contribution in [3.05, 3.63) is 84.2 Å². The summed E-state index contributed by atoms with van der Waals surface area (Å²) in [6.45, 7) is 2.30. The molecule has 0 saturated heterocycles. The molecule has 0 aliphatic carbocycles. The van der Waals surface area contributed by atoms with Gasteiger partial charge in [-0.15, -0.1) is 0 Å². The molecule has 0 aliphatic rings. The van der Waals surface area contributed by atoms with Gasteiger partial charge in [-0.2, -0.15) is 0 Å². The first-order valence-corrected chi connectivity index (χ1v) is 7.89. The van der Waals surface area contributed by atoms with Crippen LogP contribution < -0.4 is 5.32 Å². The van der Waals surface area contributed by atoms with Crippen LogP contribution in [0.1, 0.15) is 30.2 Å². The Morgan fingerprint density at radius 1 is 1.17 bits per heavy atom. The molecule has 124 valence electrons. The Kier molecular flexibility index (Phi) is 5.03. The number of hydrogen-bond donors (Lipinski definition) is 2. The predicted molar refractivity (Wildman–Crippen MR) is 91.3 cm³/mol. The highest BCUT2D eigenvalue weighted by molar-refractivity contribution is 5.35. The SMILES string of the molecule is C[C@H](NC[C@@H](O)c1ccccc1F)c1ccc(-n2ccnc2)cc1. The van der Waals surface area contributed by atoms with Crippen molar-refractivity contribution in [2.24, 2.45) is 0 Å². The maximum absolute atomic E-state index is 13.7. The van der Waals surface area contributed by atoms with Crippen LogP contribution in [0.15, 0.2) is 67.3 Å². The Labute approximate surface area is 140 Å². The first-order chi connectivity index (χ1) is 11.6. The Hall–Kier alpha value is -2.50. The Bertz CT molecular complexity index is 772. The van der Waals surface area contributed by atoms with Crippen LogP contribution in [-0.2, 0) is 0 Å². The van der Waals surface area contributed by atoms with Gasteiger partial charge in [-0.05, 0) is 30.7 Å². The van der Waals surface area contributed by atoms with Crippen LogP contribution in [-0.4, -0.2) is 21.2 Å². The van der Waals surface area contributed by atoms with E-state index in [0.717, 1.165) is 11.3 Å². The largest absolute Gasteiger partial charge is 0.387 e. The van der Waals surface area contributed by atoms with Gasteiger partial charge in [-0.25, -0.2) is 9.37 Å². The van der Waals surface area contributed by atoms with Gasteiger partial charge in [0.1, 0.15) is 5.82 Å². The molecule has 0 saturated carbocycles. The molecule has 0 aliphatic heterocycles. The zero-order chi connectivity index (χ0) is 16.9. The highest BCUT2D eigenvalue weighted by atomic mass is 19.1. The molecule has 0 fully saturated rings. The molecule has 0 unspecified atom stereocenters. The topological polar surface area (TPSA) is 50.1 Å². The third-order valence-corrected chi connectivity index (χ3v) is 4.08. The third-order valence-electron chi connectivity index (χ3n) is 4.08. The predicted octanol–water partition coefficient (Wildman–Crippen LogP) is 3.40. The summed E-state index contributed by atoms with van der Waals surface area (Å²) in [7, 11) is 0. The molecule has 3 aromatic rings. The molecule has 0 radical (unpaired) electrons. The number of halogens is 1. The van der Waals surface area contributed by atoms with Gasteiger partial charge in [0.2, 0.25) is 0 Å². The van der Waals surface area contributed by atoms with Crippen LogP contribution in [0, 0.1) is 5.82 Å². The number of nitrogens with one attached hydrogen (secondary N) is 1. The van der Waals surface area contributed by atoms with Crippen molar-refractivity contribution in [3.8, 4) is 5.69 Å². The first kappa shape index (κ1) is 16.4. The molecule has 24 heavy (non-hydrogen) atoms.